The molecule has 0 saturated carbocycles. The summed E-state index contributed by atoms with van der Waals surface area (Å²) in [6.45, 7) is 0.522. The Balaban J connectivity index is 1.49. The third-order valence-corrected chi connectivity index (χ3v) is 5.69. The van der Waals surface area contributed by atoms with Crippen molar-refractivity contribution in [3.05, 3.63) is 60.5 Å². The van der Waals surface area contributed by atoms with Gasteiger partial charge in [0.1, 0.15) is 11.8 Å². The number of hydrogen-bond acceptors (Lipinski definition) is 7. The molecule has 1 fully saturated rings. The summed E-state index contributed by atoms with van der Waals surface area (Å²) in [5.74, 6) is 1.18. The van der Waals surface area contributed by atoms with Gasteiger partial charge in [0.15, 0.2) is 6.61 Å². The van der Waals surface area contributed by atoms with Gasteiger partial charge in [-0.25, -0.2) is 8.42 Å². The second-order valence-electron chi connectivity index (χ2n) is 7.61. The first-order valence-electron chi connectivity index (χ1n) is 10.3. The highest BCUT2D eigenvalue weighted by Crippen LogP contribution is 2.31. The molecular formula is C22H24N4O5S. The lowest BCUT2D eigenvalue weighted by Crippen LogP contribution is -2.41. The van der Waals surface area contributed by atoms with Crippen LogP contribution in [0.3, 0.4) is 0 Å². The molecule has 1 N–H and O–H groups in total. The van der Waals surface area contributed by atoms with Crippen LogP contribution in [0.2, 0.25) is 0 Å². The topological polar surface area (TPSA) is 115 Å². The monoisotopic (exact) mass is 456 g/mol. The van der Waals surface area contributed by atoms with Crippen molar-refractivity contribution in [1.82, 2.24) is 15.0 Å². The maximum atomic E-state index is 12.9. The Kier molecular flexibility index (Phi) is 6.40. The SMILES string of the molecule is CS(=O)(=O)Nc1cccc(-c2noc([C@H]3CCCCN3C(=O)COc3ccccc3)n2)c1. The summed E-state index contributed by atoms with van der Waals surface area (Å²) in [5.41, 5.74) is 1.01. The highest BCUT2D eigenvalue weighted by molar-refractivity contribution is 7.92. The summed E-state index contributed by atoms with van der Waals surface area (Å²) in [6.07, 6.45) is 3.64. The number of nitrogens with zero attached hydrogens (tertiary/aromatic N) is 3. The van der Waals surface area contributed by atoms with Crippen molar-refractivity contribution in [2.24, 2.45) is 0 Å². The Morgan fingerprint density at radius 1 is 1.19 bits per heavy atom. The maximum Gasteiger partial charge on any atom is 0.261 e. The van der Waals surface area contributed by atoms with Crippen molar-refractivity contribution in [2.45, 2.75) is 25.3 Å². The van der Waals surface area contributed by atoms with E-state index in [1.165, 1.54) is 0 Å². The summed E-state index contributed by atoms with van der Waals surface area (Å²) in [6, 6.07) is 15.6. The molecule has 10 heteroatoms. The number of nitrogens with one attached hydrogen (secondary N) is 1. The first kappa shape index (κ1) is 21.8. The number of ether oxygens (including phenoxy) is 1. The molecule has 0 aliphatic carbocycles. The molecule has 168 valence electrons. The first-order chi connectivity index (χ1) is 15.4. The molecule has 0 bridgehead atoms. The Bertz CT molecular complexity index is 1180. The van der Waals surface area contributed by atoms with Crippen LogP contribution in [0.5, 0.6) is 5.75 Å². The average molecular weight is 457 g/mol. The summed E-state index contributed by atoms with van der Waals surface area (Å²) in [7, 11) is -3.40. The fraction of sp³-hybridized carbons (Fsp3) is 0.318. The maximum absolute atomic E-state index is 12.9. The van der Waals surface area contributed by atoms with Crippen LogP contribution in [-0.4, -0.2) is 48.8 Å². The van der Waals surface area contributed by atoms with Gasteiger partial charge < -0.3 is 14.2 Å². The zero-order valence-electron chi connectivity index (χ0n) is 17.6. The van der Waals surface area contributed by atoms with E-state index in [9.17, 15) is 13.2 Å². The summed E-state index contributed by atoms with van der Waals surface area (Å²) < 4.78 is 36.5. The van der Waals surface area contributed by atoms with Gasteiger partial charge in [-0.2, -0.15) is 4.98 Å². The van der Waals surface area contributed by atoms with Gasteiger partial charge >= 0.3 is 0 Å². The minimum atomic E-state index is -3.40. The molecule has 1 atom stereocenters. The highest BCUT2D eigenvalue weighted by atomic mass is 32.2. The minimum absolute atomic E-state index is 0.0687. The smallest absolute Gasteiger partial charge is 0.261 e. The van der Waals surface area contributed by atoms with Crippen molar-refractivity contribution in [2.75, 3.05) is 24.1 Å². The van der Waals surface area contributed by atoms with Gasteiger partial charge in [-0.15, -0.1) is 0 Å². The number of rotatable bonds is 7. The standard InChI is InChI=1S/C22H24N4O5S/c1-32(28,29)25-17-9-7-8-16(14-17)21-23-22(31-24-21)19-12-5-6-13-26(19)20(27)15-30-18-10-3-2-4-11-18/h2-4,7-11,14,19,25H,5-6,12-13,15H2,1H3/t19-/m1/s1. The minimum Gasteiger partial charge on any atom is -0.484 e. The molecule has 1 aliphatic heterocycles. The molecule has 3 aromatic rings. The zero-order valence-corrected chi connectivity index (χ0v) is 18.4. The lowest BCUT2D eigenvalue weighted by molar-refractivity contribution is -0.138. The van der Waals surface area contributed by atoms with Crippen molar-refractivity contribution in [1.29, 1.82) is 0 Å². The average Bonchev–Trinajstić information content (AvgIpc) is 3.27. The number of sulfonamides is 1. The van der Waals surface area contributed by atoms with Crippen LogP contribution < -0.4 is 9.46 Å². The van der Waals surface area contributed by atoms with E-state index in [1.54, 1.807) is 41.3 Å². The van der Waals surface area contributed by atoms with Crippen LogP contribution in [0.4, 0.5) is 5.69 Å². The number of hydrogen-bond donors (Lipinski definition) is 1. The number of amides is 1. The van der Waals surface area contributed by atoms with E-state index in [4.69, 9.17) is 9.26 Å². The van der Waals surface area contributed by atoms with Gasteiger partial charge in [-0.3, -0.25) is 9.52 Å². The second-order valence-corrected chi connectivity index (χ2v) is 9.36. The normalized spacial score (nSPS) is 16.5. The van der Waals surface area contributed by atoms with Crippen LogP contribution in [-0.2, 0) is 14.8 Å². The molecular weight excluding hydrogens is 432 g/mol. The third kappa shape index (κ3) is 5.44. The largest absolute Gasteiger partial charge is 0.484 e. The number of piperidine rings is 1. The van der Waals surface area contributed by atoms with E-state index in [0.29, 0.717) is 41.7 Å². The predicted molar refractivity (Wildman–Crippen MR) is 118 cm³/mol. The van der Waals surface area contributed by atoms with Gasteiger partial charge in [0.05, 0.1) is 6.26 Å². The van der Waals surface area contributed by atoms with Crippen LogP contribution in [0.25, 0.3) is 11.4 Å². The Labute approximate surface area is 186 Å². The Morgan fingerprint density at radius 2 is 2.00 bits per heavy atom. The van der Waals surface area contributed by atoms with E-state index < -0.39 is 10.0 Å². The van der Waals surface area contributed by atoms with Gasteiger partial charge in [-0.1, -0.05) is 35.5 Å². The van der Waals surface area contributed by atoms with Crippen LogP contribution in [0.1, 0.15) is 31.2 Å². The fourth-order valence-electron chi connectivity index (χ4n) is 3.66. The Morgan fingerprint density at radius 3 is 2.78 bits per heavy atom. The summed E-state index contributed by atoms with van der Waals surface area (Å²) >= 11 is 0. The number of para-hydroxylation sites is 1. The molecule has 0 radical (unpaired) electrons. The van der Waals surface area contributed by atoms with Crippen LogP contribution in [0.15, 0.2) is 59.1 Å². The third-order valence-electron chi connectivity index (χ3n) is 5.08. The predicted octanol–water partition coefficient (Wildman–Crippen LogP) is 3.24. The molecule has 2 heterocycles. The quantitative estimate of drug-likeness (QED) is 0.580. The van der Waals surface area contributed by atoms with Gasteiger partial charge in [-0.05, 0) is 43.5 Å². The van der Waals surface area contributed by atoms with Crippen molar-refractivity contribution >= 4 is 21.6 Å². The molecule has 2 aromatic carbocycles. The summed E-state index contributed by atoms with van der Waals surface area (Å²) in [5, 5.41) is 4.05. The summed E-state index contributed by atoms with van der Waals surface area (Å²) in [4.78, 5) is 19.1. The van der Waals surface area contributed by atoms with Gasteiger partial charge in [0, 0.05) is 17.8 Å². The van der Waals surface area contributed by atoms with E-state index in [2.05, 4.69) is 14.9 Å². The molecule has 9 nitrogen and oxygen atoms in total. The molecule has 0 unspecified atom stereocenters. The number of aromatic nitrogens is 2. The lowest BCUT2D eigenvalue weighted by atomic mass is 10.0. The van der Waals surface area contributed by atoms with Gasteiger partial charge in [0.2, 0.25) is 21.7 Å². The van der Waals surface area contributed by atoms with E-state index in [1.807, 2.05) is 18.2 Å². The van der Waals surface area contributed by atoms with E-state index >= 15 is 0 Å². The molecule has 1 aliphatic rings. The zero-order chi connectivity index (χ0) is 22.6. The van der Waals surface area contributed by atoms with Crippen molar-refractivity contribution in [3.8, 4) is 17.1 Å². The van der Waals surface area contributed by atoms with Crippen LogP contribution in [0, 0.1) is 0 Å². The molecule has 1 aromatic heterocycles. The fourth-order valence-corrected chi connectivity index (χ4v) is 4.21. The Hall–Kier alpha value is -3.40. The molecule has 1 amide bonds. The number of benzene rings is 2. The van der Waals surface area contributed by atoms with Crippen LogP contribution >= 0.6 is 0 Å². The van der Waals surface area contributed by atoms with E-state index in [-0.39, 0.29) is 18.6 Å². The molecule has 32 heavy (non-hydrogen) atoms. The van der Waals surface area contributed by atoms with E-state index in [0.717, 1.165) is 19.1 Å². The number of likely N-dealkylation sites (tertiary alicyclic amines) is 1. The molecule has 4 rings (SSSR count). The number of carbonyl (C=O) groups excluding carboxylic acids is 1. The highest BCUT2D eigenvalue weighted by Gasteiger charge is 2.32. The molecule has 0 spiro atoms. The lowest BCUT2D eigenvalue weighted by Gasteiger charge is -2.33. The van der Waals surface area contributed by atoms with Gasteiger partial charge in [0.25, 0.3) is 5.91 Å². The first-order valence-corrected chi connectivity index (χ1v) is 12.2. The van der Waals surface area contributed by atoms with Crippen molar-refractivity contribution < 1.29 is 22.5 Å². The number of anilines is 1. The molecule has 1 saturated heterocycles. The van der Waals surface area contributed by atoms with Crippen molar-refractivity contribution in [3.63, 3.8) is 0 Å². The second kappa shape index (κ2) is 9.39. The number of carbonyl (C=O) groups is 1.